The van der Waals surface area contributed by atoms with E-state index in [9.17, 15) is 13.2 Å². The van der Waals surface area contributed by atoms with Gasteiger partial charge >= 0.3 is 0 Å². The Kier molecular flexibility index (Phi) is 5.05. The van der Waals surface area contributed by atoms with E-state index in [-0.39, 0.29) is 15.5 Å². The van der Waals surface area contributed by atoms with Crippen LogP contribution in [0.1, 0.15) is 10.4 Å². The number of nitrogens with two attached hydrogens (primary N) is 1. The summed E-state index contributed by atoms with van der Waals surface area (Å²) in [6, 6.07) is 10.0. The molecule has 0 radical (unpaired) electrons. The molecule has 116 valence electrons. The number of hydrogen-bond donors (Lipinski definition) is 3. The third-order valence-electron chi connectivity index (χ3n) is 2.75. The average molecular weight is 360 g/mol. The van der Waals surface area contributed by atoms with Gasteiger partial charge in [-0.3, -0.25) is 10.6 Å². The number of halogens is 2. The van der Waals surface area contributed by atoms with Crippen LogP contribution in [0.4, 0.5) is 5.69 Å². The Morgan fingerprint density at radius 2 is 1.68 bits per heavy atom. The van der Waals surface area contributed by atoms with Crippen molar-refractivity contribution in [1.29, 1.82) is 0 Å². The van der Waals surface area contributed by atoms with E-state index in [2.05, 4.69) is 5.32 Å². The number of amides is 1. The highest BCUT2D eigenvalue weighted by atomic mass is 35.5. The van der Waals surface area contributed by atoms with Crippen LogP contribution in [0.5, 0.6) is 0 Å². The molecule has 0 fully saturated rings. The van der Waals surface area contributed by atoms with Crippen molar-refractivity contribution in [1.82, 2.24) is 4.83 Å². The van der Waals surface area contributed by atoms with Crippen molar-refractivity contribution in [3.8, 4) is 0 Å². The standard InChI is InChI=1S/C13H11Cl2N3O3S/c14-8-1-6-11(12(15)7-8)13(19)17-9-2-4-10(5-3-9)22(20,21)18-16/h1-7,18H,16H2,(H,17,19). The number of carbonyl (C=O) groups is 1. The molecular weight excluding hydrogens is 349 g/mol. The van der Waals surface area contributed by atoms with Gasteiger partial charge in [-0.25, -0.2) is 8.42 Å². The van der Waals surface area contributed by atoms with Crippen molar-refractivity contribution >= 4 is 44.8 Å². The van der Waals surface area contributed by atoms with Crippen molar-refractivity contribution in [3.05, 3.63) is 58.1 Å². The van der Waals surface area contributed by atoms with Crippen LogP contribution >= 0.6 is 23.2 Å². The normalized spacial score (nSPS) is 11.2. The van der Waals surface area contributed by atoms with Crippen molar-refractivity contribution in [3.63, 3.8) is 0 Å². The smallest absolute Gasteiger partial charge is 0.257 e. The molecule has 4 N–H and O–H groups in total. The molecule has 22 heavy (non-hydrogen) atoms. The van der Waals surface area contributed by atoms with Crippen molar-refractivity contribution < 1.29 is 13.2 Å². The van der Waals surface area contributed by atoms with Gasteiger partial charge in [-0.15, -0.1) is 0 Å². The summed E-state index contributed by atoms with van der Waals surface area (Å²) in [6.07, 6.45) is 0. The van der Waals surface area contributed by atoms with Crippen molar-refractivity contribution in [2.24, 2.45) is 5.84 Å². The summed E-state index contributed by atoms with van der Waals surface area (Å²) in [4.78, 5) is 13.8. The van der Waals surface area contributed by atoms with Gasteiger partial charge in [0.2, 0.25) is 0 Å². The quantitative estimate of drug-likeness (QED) is 0.576. The Labute approximate surface area is 137 Å². The van der Waals surface area contributed by atoms with E-state index in [4.69, 9.17) is 29.0 Å². The van der Waals surface area contributed by atoms with E-state index in [1.54, 1.807) is 10.9 Å². The second-order valence-corrected chi connectivity index (χ2v) is 6.78. The van der Waals surface area contributed by atoms with E-state index in [0.29, 0.717) is 10.7 Å². The van der Waals surface area contributed by atoms with Gasteiger partial charge in [0.05, 0.1) is 15.5 Å². The number of carbonyl (C=O) groups excluding carboxylic acids is 1. The highest BCUT2D eigenvalue weighted by Gasteiger charge is 2.13. The molecular formula is C13H11Cl2N3O3S. The molecule has 0 saturated carbocycles. The van der Waals surface area contributed by atoms with Gasteiger partial charge < -0.3 is 5.32 Å². The lowest BCUT2D eigenvalue weighted by molar-refractivity contribution is 0.102. The molecule has 0 spiro atoms. The fraction of sp³-hybridized carbons (Fsp3) is 0. The van der Waals surface area contributed by atoms with Crippen molar-refractivity contribution in [2.45, 2.75) is 4.90 Å². The van der Waals surface area contributed by atoms with E-state index in [1.807, 2.05) is 0 Å². The molecule has 0 aliphatic carbocycles. The van der Waals surface area contributed by atoms with Crippen LogP contribution in [0.25, 0.3) is 0 Å². The van der Waals surface area contributed by atoms with E-state index >= 15 is 0 Å². The highest BCUT2D eigenvalue weighted by molar-refractivity contribution is 7.89. The second-order valence-electron chi connectivity index (χ2n) is 4.22. The Hall–Kier alpha value is -1.64. The van der Waals surface area contributed by atoms with Crippen LogP contribution < -0.4 is 16.0 Å². The topological polar surface area (TPSA) is 101 Å². The van der Waals surface area contributed by atoms with Crippen LogP contribution in [0, 0.1) is 0 Å². The summed E-state index contributed by atoms with van der Waals surface area (Å²) >= 11 is 11.7. The number of benzene rings is 2. The number of anilines is 1. The van der Waals surface area contributed by atoms with E-state index < -0.39 is 15.9 Å². The summed E-state index contributed by atoms with van der Waals surface area (Å²) < 4.78 is 23.0. The molecule has 0 aliphatic heterocycles. The summed E-state index contributed by atoms with van der Waals surface area (Å²) in [7, 11) is -3.73. The second kappa shape index (κ2) is 6.64. The third-order valence-corrected chi connectivity index (χ3v) is 4.50. The molecule has 2 aromatic rings. The van der Waals surface area contributed by atoms with Gasteiger partial charge in [0.15, 0.2) is 0 Å². The molecule has 0 aromatic heterocycles. The fourth-order valence-electron chi connectivity index (χ4n) is 1.66. The molecule has 2 rings (SSSR count). The summed E-state index contributed by atoms with van der Waals surface area (Å²) in [5.41, 5.74) is 0.665. The third kappa shape index (κ3) is 3.76. The Morgan fingerprint density at radius 1 is 1.05 bits per heavy atom. The van der Waals surface area contributed by atoms with Gasteiger partial charge in [0.1, 0.15) is 0 Å². The Morgan fingerprint density at radius 3 is 2.23 bits per heavy atom. The first-order valence-corrected chi connectivity index (χ1v) is 8.16. The summed E-state index contributed by atoms with van der Waals surface area (Å²) in [5.74, 6) is 4.49. The van der Waals surface area contributed by atoms with Crippen LogP contribution in [-0.4, -0.2) is 14.3 Å². The SMILES string of the molecule is NNS(=O)(=O)c1ccc(NC(=O)c2ccc(Cl)cc2Cl)cc1. The van der Waals surface area contributed by atoms with E-state index in [0.717, 1.165) is 0 Å². The summed E-state index contributed by atoms with van der Waals surface area (Å²) in [5, 5.41) is 3.24. The average Bonchev–Trinajstić information content (AvgIpc) is 2.47. The van der Waals surface area contributed by atoms with Crippen molar-refractivity contribution in [2.75, 3.05) is 5.32 Å². The largest absolute Gasteiger partial charge is 0.322 e. The van der Waals surface area contributed by atoms with Crippen LogP contribution in [0.3, 0.4) is 0 Å². The molecule has 0 bridgehead atoms. The van der Waals surface area contributed by atoms with E-state index in [1.165, 1.54) is 36.4 Å². The van der Waals surface area contributed by atoms with Gasteiger partial charge in [0.25, 0.3) is 15.9 Å². The molecule has 0 aliphatic rings. The molecule has 2 aromatic carbocycles. The Bertz CT molecular complexity index is 808. The zero-order chi connectivity index (χ0) is 16.3. The number of rotatable bonds is 4. The zero-order valence-electron chi connectivity index (χ0n) is 11.0. The lowest BCUT2D eigenvalue weighted by Gasteiger charge is -2.08. The first-order valence-electron chi connectivity index (χ1n) is 5.92. The summed E-state index contributed by atoms with van der Waals surface area (Å²) in [6.45, 7) is 0. The monoisotopic (exact) mass is 359 g/mol. The maximum Gasteiger partial charge on any atom is 0.257 e. The zero-order valence-corrected chi connectivity index (χ0v) is 13.3. The first-order chi connectivity index (χ1) is 10.3. The minimum absolute atomic E-state index is 0.0162. The predicted molar refractivity (Wildman–Crippen MR) is 85.4 cm³/mol. The van der Waals surface area contributed by atoms with Crippen LogP contribution in [0.2, 0.25) is 10.0 Å². The lowest BCUT2D eigenvalue weighted by atomic mass is 10.2. The number of sulfonamides is 1. The minimum Gasteiger partial charge on any atom is -0.322 e. The highest BCUT2D eigenvalue weighted by Crippen LogP contribution is 2.22. The van der Waals surface area contributed by atoms with Crippen LogP contribution in [-0.2, 0) is 10.0 Å². The number of hydrazine groups is 1. The first kappa shape index (κ1) is 16.7. The minimum atomic E-state index is -3.73. The van der Waals surface area contributed by atoms with Gasteiger partial charge in [-0.1, -0.05) is 23.2 Å². The molecule has 9 heteroatoms. The number of nitrogens with one attached hydrogen (secondary N) is 2. The van der Waals surface area contributed by atoms with Gasteiger partial charge in [-0.05, 0) is 42.5 Å². The van der Waals surface area contributed by atoms with Crippen LogP contribution in [0.15, 0.2) is 47.4 Å². The molecule has 6 nitrogen and oxygen atoms in total. The molecule has 0 saturated heterocycles. The molecule has 0 heterocycles. The van der Waals surface area contributed by atoms with Gasteiger partial charge in [-0.2, -0.15) is 4.83 Å². The molecule has 0 unspecified atom stereocenters. The number of hydrogen-bond acceptors (Lipinski definition) is 4. The fourth-order valence-corrected chi connectivity index (χ4v) is 2.78. The molecule has 0 atom stereocenters. The maximum absolute atomic E-state index is 12.1. The Balaban J connectivity index is 2.19. The van der Waals surface area contributed by atoms with Gasteiger partial charge in [0, 0.05) is 10.7 Å². The molecule has 1 amide bonds. The predicted octanol–water partition coefficient (Wildman–Crippen LogP) is 2.40. The lowest BCUT2D eigenvalue weighted by Crippen LogP contribution is -2.30. The maximum atomic E-state index is 12.1.